The first-order valence-electron chi connectivity index (χ1n) is 5.08. The smallest absolute Gasteiger partial charge is 0.184 e. The number of benzene rings is 1. The van der Waals surface area contributed by atoms with Crippen LogP contribution in [-0.4, -0.2) is 13.2 Å². The quantitative estimate of drug-likeness (QED) is 0.731. The van der Waals surface area contributed by atoms with E-state index in [1.807, 2.05) is 6.07 Å². The molecule has 2 rings (SSSR count). The van der Waals surface area contributed by atoms with E-state index in [2.05, 4.69) is 0 Å². The normalized spacial score (nSPS) is 16.4. The van der Waals surface area contributed by atoms with E-state index in [1.54, 1.807) is 19.9 Å². The number of halogens is 1. The van der Waals surface area contributed by atoms with E-state index in [-0.39, 0.29) is 5.56 Å². The summed E-state index contributed by atoms with van der Waals surface area (Å²) >= 11 is 0. The summed E-state index contributed by atoms with van der Waals surface area (Å²) in [6, 6.07) is 3.56. The Labute approximate surface area is 93.4 Å². The van der Waals surface area contributed by atoms with Crippen molar-refractivity contribution in [1.29, 1.82) is 5.26 Å². The van der Waals surface area contributed by atoms with Crippen molar-refractivity contribution < 1.29 is 13.9 Å². The average molecular weight is 221 g/mol. The first kappa shape index (κ1) is 11.1. The Kier molecular flexibility index (Phi) is 2.90. The molecule has 1 saturated heterocycles. The zero-order valence-corrected chi connectivity index (χ0v) is 9.21. The molecule has 0 saturated carbocycles. The van der Waals surface area contributed by atoms with Gasteiger partial charge in [-0.2, -0.15) is 5.26 Å². The Morgan fingerprint density at radius 1 is 1.38 bits per heavy atom. The van der Waals surface area contributed by atoms with E-state index in [0.717, 1.165) is 5.56 Å². The number of aryl methyl sites for hydroxylation is 1. The minimum absolute atomic E-state index is 0.0779. The molecular weight excluding hydrogens is 209 g/mol. The molecule has 0 aromatic heterocycles. The van der Waals surface area contributed by atoms with Gasteiger partial charge in [0.1, 0.15) is 11.9 Å². The van der Waals surface area contributed by atoms with Crippen LogP contribution in [-0.2, 0) is 9.47 Å². The second-order valence-electron chi connectivity index (χ2n) is 3.78. The molecule has 1 heterocycles. The van der Waals surface area contributed by atoms with Crippen LogP contribution >= 0.6 is 0 Å². The van der Waals surface area contributed by atoms with Gasteiger partial charge in [0.2, 0.25) is 0 Å². The van der Waals surface area contributed by atoms with Crippen LogP contribution in [0.1, 0.15) is 28.5 Å². The molecule has 0 amide bonds. The minimum Gasteiger partial charge on any atom is -0.346 e. The molecule has 0 unspecified atom stereocenters. The van der Waals surface area contributed by atoms with Crippen LogP contribution in [0.3, 0.4) is 0 Å². The molecule has 16 heavy (non-hydrogen) atoms. The van der Waals surface area contributed by atoms with Crippen LogP contribution in [0, 0.1) is 31.0 Å². The highest BCUT2D eigenvalue weighted by atomic mass is 19.1. The zero-order valence-electron chi connectivity index (χ0n) is 9.21. The molecule has 0 radical (unpaired) electrons. The summed E-state index contributed by atoms with van der Waals surface area (Å²) in [5.74, 6) is -0.457. The molecule has 0 bridgehead atoms. The Bertz CT molecular complexity index is 459. The average Bonchev–Trinajstić information content (AvgIpc) is 2.77. The van der Waals surface area contributed by atoms with E-state index < -0.39 is 12.1 Å². The SMILES string of the molecule is Cc1cc(C2OCCO2)c(C)c(C#N)c1F. The van der Waals surface area contributed by atoms with E-state index in [9.17, 15) is 4.39 Å². The van der Waals surface area contributed by atoms with Crippen LogP contribution in [0.2, 0.25) is 0 Å². The van der Waals surface area contributed by atoms with Gasteiger partial charge in [-0.05, 0) is 31.0 Å². The topological polar surface area (TPSA) is 42.2 Å². The summed E-state index contributed by atoms with van der Waals surface area (Å²) in [5, 5.41) is 8.92. The Balaban J connectivity index is 2.54. The Morgan fingerprint density at radius 2 is 2.00 bits per heavy atom. The maximum Gasteiger partial charge on any atom is 0.184 e. The van der Waals surface area contributed by atoms with Gasteiger partial charge >= 0.3 is 0 Å². The molecule has 1 aliphatic heterocycles. The molecule has 4 heteroatoms. The summed E-state index contributed by atoms with van der Waals surface area (Å²) < 4.78 is 24.3. The van der Waals surface area contributed by atoms with Crippen molar-refractivity contribution in [3.63, 3.8) is 0 Å². The standard InChI is InChI=1S/C12H12FNO2/c1-7-5-9(12-15-3-4-16-12)8(2)10(6-14)11(7)13/h5,12H,3-4H2,1-2H3. The molecular formula is C12H12FNO2. The second-order valence-corrected chi connectivity index (χ2v) is 3.78. The first-order valence-corrected chi connectivity index (χ1v) is 5.08. The summed E-state index contributed by atoms with van der Waals surface area (Å²) in [5.41, 5.74) is 1.86. The van der Waals surface area contributed by atoms with Crippen LogP contribution in [0.25, 0.3) is 0 Å². The lowest BCUT2D eigenvalue weighted by molar-refractivity contribution is -0.0446. The zero-order chi connectivity index (χ0) is 11.7. The van der Waals surface area contributed by atoms with Gasteiger partial charge in [-0.1, -0.05) is 0 Å². The molecule has 1 fully saturated rings. The van der Waals surface area contributed by atoms with E-state index in [0.29, 0.717) is 24.3 Å². The van der Waals surface area contributed by atoms with Crippen molar-refractivity contribution >= 4 is 0 Å². The van der Waals surface area contributed by atoms with Gasteiger partial charge in [0, 0.05) is 5.56 Å². The summed E-state index contributed by atoms with van der Waals surface area (Å²) in [4.78, 5) is 0. The van der Waals surface area contributed by atoms with Crippen molar-refractivity contribution in [3.8, 4) is 6.07 Å². The van der Waals surface area contributed by atoms with Gasteiger partial charge in [0.15, 0.2) is 6.29 Å². The summed E-state index contributed by atoms with van der Waals surface area (Å²) in [7, 11) is 0. The van der Waals surface area contributed by atoms with Gasteiger partial charge in [-0.15, -0.1) is 0 Å². The highest BCUT2D eigenvalue weighted by Gasteiger charge is 2.23. The van der Waals surface area contributed by atoms with Crippen molar-refractivity contribution in [2.45, 2.75) is 20.1 Å². The van der Waals surface area contributed by atoms with Crippen molar-refractivity contribution in [2.24, 2.45) is 0 Å². The third-order valence-electron chi connectivity index (χ3n) is 2.73. The van der Waals surface area contributed by atoms with Crippen LogP contribution in [0.5, 0.6) is 0 Å². The van der Waals surface area contributed by atoms with Crippen LogP contribution < -0.4 is 0 Å². The van der Waals surface area contributed by atoms with E-state index in [1.165, 1.54) is 0 Å². The largest absolute Gasteiger partial charge is 0.346 e. The number of nitriles is 1. The van der Waals surface area contributed by atoms with Gasteiger partial charge in [0.25, 0.3) is 0 Å². The summed E-state index contributed by atoms with van der Waals surface area (Å²) in [6.07, 6.45) is -0.466. The molecule has 0 aliphatic carbocycles. The van der Waals surface area contributed by atoms with Crippen molar-refractivity contribution in [2.75, 3.05) is 13.2 Å². The van der Waals surface area contributed by atoms with Crippen LogP contribution in [0.4, 0.5) is 4.39 Å². The molecule has 1 aromatic rings. The van der Waals surface area contributed by atoms with Crippen molar-refractivity contribution in [1.82, 2.24) is 0 Å². The molecule has 0 atom stereocenters. The fourth-order valence-corrected chi connectivity index (χ4v) is 1.83. The second kappa shape index (κ2) is 4.20. The highest BCUT2D eigenvalue weighted by Crippen LogP contribution is 2.30. The number of hydrogen-bond donors (Lipinski definition) is 0. The number of ether oxygens (including phenoxy) is 2. The Morgan fingerprint density at radius 3 is 2.56 bits per heavy atom. The highest BCUT2D eigenvalue weighted by molar-refractivity contribution is 5.46. The molecule has 1 aliphatic rings. The number of rotatable bonds is 1. The lowest BCUT2D eigenvalue weighted by Crippen LogP contribution is -2.05. The third kappa shape index (κ3) is 1.69. The number of hydrogen-bond acceptors (Lipinski definition) is 3. The third-order valence-corrected chi connectivity index (χ3v) is 2.73. The Hall–Kier alpha value is -1.44. The van der Waals surface area contributed by atoms with Crippen LogP contribution in [0.15, 0.2) is 6.07 Å². The predicted octanol–water partition coefficient (Wildman–Crippen LogP) is 2.36. The monoisotopic (exact) mass is 221 g/mol. The van der Waals surface area contributed by atoms with Gasteiger partial charge < -0.3 is 9.47 Å². The maximum absolute atomic E-state index is 13.6. The first-order chi connectivity index (χ1) is 7.65. The minimum atomic E-state index is -0.466. The maximum atomic E-state index is 13.6. The molecule has 84 valence electrons. The van der Waals surface area contributed by atoms with Gasteiger partial charge in [-0.25, -0.2) is 4.39 Å². The molecule has 0 spiro atoms. The lowest BCUT2D eigenvalue weighted by Gasteiger charge is -2.15. The van der Waals surface area contributed by atoms with Gasteiger partial charge in [0.05, 0.1) is 18.8 Å². The molecule has 0 N–H and O–H groups in total. The fraction of sp³-hybridized carbons (Fsp3) is 0.417. The van der Waals surface area contributed by atoms with Gasteiger partial charge in [-0.3, -0.25) is 0 Å². The van der Waals surface area contributed by atoms with Crippen molar-refractivity contribution in [3.05, 3.63) is 34.1 Å². The molecule has 3 nitrogen and oxygen atoms in total. The fourth-order valence-electron chi connectivity index (χ4n) is 1.83. The lowest BCUT2D eigenvalue weighted by atomic mass is 9.98. The molecule has 1 aromatic carbocycles. The van der Waals surface area contributed by atoms with E-state index in [4.69, 9.17) is 14.7 Å². The van der Waals surface area contributed by atoms with E-state index >= 15 is 0 Å². The predicted molar refractivity (Wildman–Crippen MR) is 55.2 cm³/mol. The number of nitrogens with zero attached hydrogens (tertiary/aromatic N) is 1. The summed E-state index contributed by atoms with van der Waals surface area (Å²) in [6.45, 7) is 4.40.